The zero-order valence-corrected chi connectivity index (χ0v) is 13.9. The maximum Gasteiger partial charge on any atom is 0.326 e. The largest absolute Gasteiger partial charge is 0.493 e. The van der Waals surface area contributed by atoms with E-state index in [1.54, 1.807) is 12.1 Å². The Morgan fingerprint density at radius 2 is 1.84 bits per heavy atom. The first-order valence-electron chi connectivity index (χ1n) is 6.89. The topological polar surface area (TPSA) is 97.3 Å². The zero-order chi connectivity index (χ0) is 18.3. The van der Waals surface area contributed by atoms with Gasteiger partial charge < -0.3 is 16.2 Å². The fourth-order valence-electron chi connectivity index (χ4n) is 2.44. The van der Waals surface area contributed by atoms with Crippen molar-refractivity contribution in [1.29, 1.82) is 0 Å². The highest BCUT2D eigenvalue weighted by molar-refractivity contribution is 6.34. The number of hydrogen-bond donors (Lipinski definition) is 3. The van der Waals surface area contributed by atoms with Crippen LogP contribution in [-0.4, -0.2) is 21.6 Å². The second-order valence-electron chi connectivity index (χ2n) is 5.09. The molecule has 0 radical (unpaired) electrons. The number of aromatic nitrogens is 1. The number of benzene rings is 2. The first kappa shape index (κ1) is 17.1. The zero-order valence-electron chi connectivity index (χ0n) is 12.4. The van der Waals surface area contributed by atoms with Crippen molar-refractivity contribution in [3.63, 3.8) is 0 Å². The van der Waals surface area contributed by atoms with Gasteiger partial charge in [0.05, 0.1) is 21.1 Å². The summed E-state index contributed by atoms with van der Waals surface area (Å²) in [5, 5.41) is 12.7. The third kappa shape index (κ3) is 2.88. The van der Waals surface area contributed by atoms with E-state index in [1.165, 1.54) is 12.1 Å². The van der Waals surface area contributed by atoms with E-state index in [4.69, 9.17) is 28.9 Å². The van der Waals surface area contributed by atoms with Crippen LogP contribution in [0.2, 0.25) is 10.0 Å². The SMILES string of the molecule is NC(=O)n1c(O)c(NC(=O)c2ccccc2Cl)c2cc(F)c(Cl)cc21. The minimum absolute atomic E-state index is 0.0471. The number of halogens is 3. The third-order valence-corrected chi connectivity index (χ3v) is 4.18. The molecule has 3 aromatic rings. The van der Waals surface area contributed by atoms with E-state index < -0.39 is 23.6 Å². The Hall–Kier alpha value is -2.77. The number of nitrogens with two attached hydrogens (primary N) is 1. The highest BCUT2D eigenvalue weighted by Crippen LogP contribution is 2.38. The normalized spacial score (nSPS) is 10.8. The molecule has 0 bridgehead atoms. The van der Waals surface area contributed by atoms with Crippen molar-refractivity contribution in [1.82, 2.24) is 4.57 Å². The number of carbonyl (C=O) groups excluding carboxylic acids is 2. The van der Waals surface area contributed by atoms with Crippen LogP contribution in [0.5, 0.6) is 5.88 Å². The number of primary amides is 1. The number of nitrogens with zero attached hydrogens (tertiary/aromatic N) is 1. The molecule has 0 aliphatic carbocycles. The number of carbonyl (C=O) groups is 2. The van der Waals surface area contributed by atoms with Crippen LogP contribution in [-0.2, 0) is 0 Å². The van der Waals surface area contributed by atoms with Crippen LogP contribution in [0.15, 0.2) is 36.4 Å². The summed E-state index contributed by atoms with van der Waals surface area (Å²) in [6.45, 7) is 0. The maximum absolute atomic E-state index is 13.8. The number of anilines is 1. The fourth-order valence-corrected chi connectivity index (χ4v) is 2.82. The van der Waals surface area contributed by atoms with Crippen molar-refractivity contribution in [3.8, 4) is 5.88 Å². The van der Waals surface area contributed by atoms with Crippen molar-refractivity contribution < 1.29 is 19.1 Å². The highest BCUT2D eigenvalue weighted by atomic mass is 35.5. The highest BCUT2D eigenvalue weighted by Gasteiger charge is 2.23. The van der Waals surface area contributed by atoms with E-state index in [0.29, 0.717) is 4.57 Å². The number of hydrogen-bond acceptors (Lipinski definition) is 3. The molecule has 25 heavy (non-hydrogen) atoms. The molecule has 1 aromatic heterocycles. The average molecular weight is 382 g/mol. The molecule has 0 aliphatic heterocycles. The molecule has 9 heteroatoms. The Kier molecular flexibility index (Phi) is 4.28. The summed E-state index contributed by atoms with van der Waals surface area (Å²) >= 11 is 11.7. The van der Waals surface area contributed by atoms with Gasteiger partial charge in [-0.2, -0.15) is 0 Å². The molecule has 1 heterocycles. The van der Waals surface area contributed by atoms with E-state index in [1.807, 2.05) is 0 Å². The molecule has 0 aliphatic rings. The van der Waals surface area contributed by atoms with Crippen LogP contribution >= 0.6 is 23.2 Å². The lowest BCUT2D eigenvalue weighted by Crippen LogP contribution is -2.19. The minimum Gasteiger partial charge on any atom is -0.493 e. The van der Waals surface area contributed by atoms with E-state index in [0.717, 1.165) is 12.1 Å². The van der Waals surface area contributed by atoms with E-state index in [2.05, 4.69) is 5.32 Å². The molecule has 0 spiro atoms. The number of nitrogens with one attached hydrogen (secondary N) is 1. The summed E-state index contributed by atoms with van der Waals surface area (Å²) in [7, 11) is 0. The van der Waals surface area contributed by atoms with Crippen molar-refractivity contribution in [2.45, 2.75) is 0 Å². The lowest BCUT2D eigenvalue weighted by atomic mass is 10.2. The lowest BCUT2D eigenvalue weighted by Gasteiger charge is -2.06. The van der Waals surface area contributed by atoms with Crippen molar-refractivity contribution in [3.05, 3.63) is 57.8 Å². The summed E-state index contributed by atoms with van der Waals surface area (Å²) < 4.78 is 14.5. The summed E-state index contributed by atoms with van der Waals surface area (Å²) in [6.07, 6.45) is 0. The molecule has 0 atom stereocenters. The monoisotopic (exact) mass is 381 g/mol. The van der Waals surface area contributed by atoms with Gasteiger partial charge in [-0.05, 0) is 24.3 Å². The van der Waals surface area contributed by atoms with Crippen molar-refractivity contribution in [2.24, 2.45) is 5.73 Å². The number of amides is 2. The Labute approximate surface area is 150 Å². The van der Waals surface area contributed by atoms with Gasteiger partial charge in [-0.1, -0.05) is 35.3 Å². The molecule has 128 valence electrons. The van der Waals surface area contributed by atoms with Crippen LogP contribution < -0.4 is 11.1 Å². The van der Waals surface area contributed by atoms with E-state index >= 15 is 0 Å². The predicted octanol–water partition coefficient (Wildman–Crippen LogP) is 3.97. The minimum atomic E-state index is -1.02. The second-order valence-corrected chi connectivity index (χ2v) is 5.90. The molecule has 0 fully saturated rings. The van der Waals surface area contributed by atoms with Gasteiger partial charge in [0.15, 0.2) is 0 Å². The average Bonchev–Trinajstić information content (AvgIpc) is 2.80. The Balaban J connectivity index is 2.18. The van der Waals surface area contributed by atoms with Gasteiger partial charge >= 0.3 is 6.03 Å². The molecular weight excluding hydrogens is 372 g/mol. The maximum atomic E-state index is 13.8. The number of rotatable bonds is 2. The van der Waals surface area contributed by atoms with Crippen molar-refractivity contribution in [2.75, 3.05) is 5.32 Å². The molecule has 2 aromatic carbocycles. The molecule has 0 unspecified atom stereocenters. The second kappa shape index (κ2) is 6.27. The van der Waals surface area contributed by atoms with Gasteiger partial charge in [-0.3, -0.25) is 4.79 Å². The summed E-state index contributed by atoms with van der Waals surface area (Å²) in [4.78, 5) is 24.0. The van der Waals surface area contributed by atoms with Crippen molar-refractivity contribution >= 4 is 51.7 Å². The molecule has 0 saturated heterocycles. The molecule has 0 saturated carbocycles. The van der Waals surface area contributed by atoms with Crippen LogP contribution in [0.25, 0.3) is 10.9 Å². The van der Waals surface area contributed by atoms with E-state index in [-0.39, 0.29) is 32.2 Å². The Morgan fingerprint density at radius 3 is 2.48 bits per heavy atom. The quantitative estimate of drug-likeness (QED) is 0.626. The van der Waals surface area contributed by atoms with Crippen LogP contribution in [0.1, 0.15) is 10.4 Å². The van der Waals surface area contributed by atoms with Gasteiger partial charge in [-0.25, -0.2) is 13.8 Å². The lowest BCUT2D eigenvalue weighted by molar-refractivity contribution is 0.102. The summed E-state index contributed by atoms with van der Waals surface area (Å²) in [5.74, 6) is -2.09. The molecule has 3 rings (SSSR count). The smallest absolute Gasteiger partial charge is 0.326 e. The summed E-state index contributed by atoms with van der Waals surface area (Å²) in [6, 6.07) is 7.33. The first-order chi connectivity index (χ1) is 11.8. The standard InChI is InChI=1S/C16H10Cl2FN3O3/c17-9-4-2-1-3-7(9)14(23)21-13-8-5-11(19)10(18)6-12(8)22(15(13)24)16(20)25/h1-6,24H,(H2,20,25)(H,21,23). The van der Waals surface area contributed by atoms with Gasteiger partial charge in [0.2, 0.25) is 5.88 Å². The molecule has 6 nitrogen and oxygen atoms in total. The number of fused-ring (bicyclic) bond motifs is 1. The van der Waals surface area contributed by atoms with Crippen LogP contribution in [0, 0.1) is 5.82 Å². The third-order valence-electron chi connectivity index (χ3n) is 3.56. The Morgan fingerprint density at radius 1 is 1.16 bits per heavy atom. The first-order valence-corrected chi connectivity index (χ1v) is 7.65. The molecule has 4 N–H and O–H groups in total. The van der Waals surface area contributed by atoms with Crippen LogP contribution in [0.4, 0.5) is 14.9 Å². The Bertz CT molecular complexity index is 1030. The van der Waals surface area contributed by atoms with E-state index in [9.17, 15) is 19.1 Å². The number of aromatic hydroxyl groups is 1. The van der Waals surface area contributed by atoms with Gasteiger partial charge in [0.1, 0.15) is 11.5 Å². The van der Waals surface area contributed by atoms with Gasteiger partial charge in [0.25, 0.3) is 5.91 Å². The van der Waals surface area contributed by atoms with Crippen LogP contribution in [0.3, 0.4) is 0 Å². The fraction of sp³-hybridized carbons (Fsp3) is 0. The van der Waals surface area contributed by atoms with Gasteiger partial charge in [-0.15, -0.1) is 0 Å². The molecular formula is C16H10Cl2FN3O3. The predicted molar refractivity (Wildman–Crippen MR) is 93.0 cm³/mol. The molecule has 2 amide bonds. The summed E-state index contributed by atoms with van der Waals surface area (Å²) in [5.41, 5.74) is 5.24. The van der Waals surface area contributed by atoms with Gasteiger partial charge in [0, 0.05) is 5.39 Å².